The fourth-order valence-corrected chi connectivity index (χ4v) is 1.39. The van der Waals surface area contributed by atoms with Gasteiger partial charge in [0.05, 0.1) is 0 Å². The number of alkyl halides is 1. The summed E-state index contributed by atoms with van der Waals surface area (Å²) in [5, 5.41) is 7.69. The van der Waals surface area contributed by atoms with Crippen molar-refractivity contribution in [3.8, 4) is 0 Å². The van der Waals surface area contributed by atoms with Crippen LogP contribution in [0, 0.1) is 0 Å². The molecule has 84 valence electrons. The first-order valence-corrected chi connectivity index (χ1v) is 5.31. The molecule has 0 atom stereocenters. The molecule has 6 heteroatoms. The SMILES string of the molecule is CN(Cc1ccncc1)c1nnc(CCl)o1. The zero-order chi connectivity index (χ0) is 11.4. The van der Waals surface area contributed by atoms with Crippen molar-refractivity contribution < 1.29 is 4.42 Å². The number of anilines is 1. The van der Waals surface area contributed by atoms with Crippen LogP contribution in [0.25, 0.3) is 0 Å². The highest BCUT2D eigenvalue weighted by molar-refractivity contribution is 6.16. The van der Waals surface area contributed by atoms with Crippen LogP contribution in [0.15, 0.2) is 28.9 Å². The molecule has 0 unspecified atom stereocenters. The van der Waals surface area contributed by atoms with E-state index >= 15 is 0 Å². The lowest BCUT2D eigenvalue weighted by Crippen LogP contribution is -2.16. The lowest BCUT2D eigenvalue weighted by molar-refractivity contribution is 0.506. The topological polar surface area (TPSA) is 55.1 Å². The summed E-state index contributed by atoms with van der Waals surface area (Å²) in [5.41, 5.74) is 1.13. The second kappa shape index (κ2) is 4.94. The average Bonchev–Trinajstić information content (AvgIpc) is 2.79. The normalized spacial score (nSPS) is 10.4. The maximum absolute atomic E-state index is 5.58. The van der Waals surface area contributed by atoms with Crippen LogP contribution in [0.5, 0.6) is 0 Å². The van der Waals surface area contributed by atoms with Crippen molar-refractivity contribution in [2.75, 3.05) is 11.9 Å². The minimum absolute atomic E-state index is 0.232. The van der Waals surface area contributed by atoms with Crippen LogP contribution in [0.1, 0.15) is 11.5 Å². The quantitative estimate of drug-likeness (QED) is 0.761. The third-order valence-corrected chi connectivity index (χ3v) is 2.29. The molecule has 2 aromatic rings. The zero-order valence-electron chi connectivity index (χ0n) is 8.80. The average molecular weight is 239 g/mol. The number of pyridine rings is 1. The second-order valence-electron chi connectivity index (χ2n) is 3.32. The fourth-order valence-electron chi connectivity index (χ4n) is 1.28. The van der Waals surface area contributed by atoms with Crippen molar-refractivity contribution in [1.82, 2.24) is 15.2 Å². The van der Waals surface area contributed by atoms with Gasteiger partial charge in [0.25, 0.3) is 0 Å². The molecule has 0 fully saturated rings. The van der Waals surface area contributed by atoms with Gasteiger partial charge in [-0.25, -0.2) is 0 Å². The molecule has 0 aliphatic rings. The molecule has 0 spiro atoms. The number of hydrogen-bond donors (Lipinski definition) is 0. The fraction of sp³-hybridized carbons (Fsp3) is 0.300. The molecule has 2 rings (SSSR count). The van der Waals surface area contributed by atoms with Crippen molar-refractivity contribution in [3.05, 3.63) is 36.0 Å². The van der Waals surface area contributed by atoms with Crippen molar-refractivity contribution in [2.24, 2.45) is 0 Å². The van der Waals surface area contributed by atoms with Crippen LogP contribution in [-0.2, 0) is 12.4 Å². The van der Waals surface area contributed by atoms with Gasteiger partial charge in [-0.2, -0.15) is 0 Å². The van der Waals surface area contributed by atoms with E-state index in [1.54, 1.807) is 12.4 Å². The van der Waals surface area contributed by atoms with Gasteiger partial charge < -0.3 is 9.32 Å². The molecule has 0 saturated heterocycles. The lowest BCUT2D eigenvalue weighted by atomic mass is 10.2. The molecule has 0 aromatic carbocycles. The van der Waals surface area contributed by atoms with Gasteiger partial charge in [-0.1, -0.05) is 5.10 Å². The Balaban J connectivity index is 2.05. The van der Waals surface area contributed by atoms with E-state index in [1.165, 1.54) is 0 Å². The van der Waals surface area contributed by atoms with Crippen molar-refractivity contribution >= 4 is 17.6 Å². The van der Waals surface area contributed by atoms with Crippen molar-refractivity contribution in [1.29, 1.82) is 0 Å². The van der Waals surface area contributed by atoms with Crippen LogP contribution < -0.4 is 4.90 Å². The van der Waals surface area contributed by atoms with Gasteiger partial charge in [0.15, 0.2) is 0 Å². The van der Waals surface area contributed by atoms with E-state index in [2.05, 4.69) is 15.2 Å². The smallest absolute Gasteiger partial charge is 0.318 e. The highest BCUT2D eigenvalue weighted by Crippen LogP contribution is 2.14. The highest BCUT2D eigenvalue weighted by Gasteiger charge is 2.10. The summed E-state index contributed by atoms with van der Waals surface area (Å²) in [6.07, 6.45) is 3.50. The van der Waals surface area contributed by atoms with Crippen LogP contribution in [0.4, 0.5) is 6.01 Å². The number of aromatic nitrogens is 3. The summed E-state index contributed by atoms with van der Waals surface area (Å²) < 4.78 is 5.32. The molecule has 0 bridgehead atoms. The Morgan fingerprint density at radius 3 is 2.69 bits per heavy atom. The molecule has 0 aliphatic heterocycles. The zero-order valence-corrected chi connectivity index (χ0v) is 9.55. The minimum atomic E-state index is 0.232. The molecular formula is C10H11ClN4O. The Morgan fingerprint density at radius 2 is 2.06 bits per heavy atom. The molecule has 5 nitrogen and oxygen atoms in total. The van der Waals surface area contributed by atoms with Crippen LogP contribution in [-0.4, -0.2) is 22.2 Å². The van der Waals surface area contributed by atoms with Gasteiger partial charge in [-0.05, 0) is 17.7 Å². The van der Waals surface area contributed by atoms with Crippen molar-refractivity contribution in [2.45, 2.75) is 12.4 Å². The minimum Gasteiger partial charge on any atom is -0.407 e. The van der Waals surface area contributed by atoms with Crippen LogP contribution in [0.2, 0.25) is 0 Å². The number of nitrogens with zero attached hydrogens (tertiary/aromatic N) is 4. The predicted molar refractivity (Wildman–Crippen MR) is 60.2 cm³/mol. The molecule has 0 amide bonds. The Labute approximate surface area is 98.1 Å². The first-order chi connectivity index (χ1) is 7.79. The summed E-state index contributed by atoms with van der Waals surface area (Å²) in [4.78, 5) is 5.81. The molecule has 0 saturated carbocycles. The lowest BCUT2D eigenvalue weighted by Gasteiger charge is -2.13. The Hall–Kier alpha value is -1.62. The van der Waals surface area contributed by atoms with Crippen molar-refractivity contribution in [3.63, 3.8) is 0 Å². The van der Waals surface area contributed by atoms with Gasteiger partial charge in [0.2, 0.25) is 5.89 Å². The molecular weight excluding hydrogens is 228 g/mol. The summed E-state index contributed by atoms with van der Waals surface area (Å²) in [6.45, 7) is 0.687. The Bertz CT molecular complexity index is 445. The molecule has 0 aliphatic carbocycles. The number of rotatable bonds is 4. The second-order valence-corrected chi connectivity index (χ2v) is 3.59. The van der Waals surface area contributed by atoms with Crippen LogP contribution in [0.3, 0.4) is 0 Å². The number of halogens is 1. The summed E-state index contributed by atoms with van der Waals surface area (Å²) in [6, 6.07) is 4.34. The van der Waals surface area contributed by atoms with Crippen LogP contribution >= 0.6 is 11.6 Å². The van der Waals surface area contributed by atoms with Gasteiger partial charge in [0, 0.05) is 26.0 Å². The van der Waals surface area contributed by atoms with E-state index in [1.807, 2.05) is 24.1 Å². The molecule has 2 aromatic heterocycles. The van der Waals surface area contributed by atoms with Gasteiger partial charge in [0.1, 0.15) is 5.88 Å². The standard InChI is InChI=1S/C10H11ClN4O/c1-15(7-8-2-4-12-5-3-8)10-14-13-9(6-11)16-10/h2-5H,6-7H2,1H3. The van der Waals surface area contributed by atoms with E-state index in [0.29, 0.717) is 18.5 Å². The van der Waals surface area contributed by atoms with Gasteiger partial charge in [-0.3, -0.25) is 4.98 Å². The van der Waals surface area contributed by atoms with E-state index in [0.717, 1.165) is 5.56 Å². The first-order valence-electron chi connectivity index (χ1n) is 4.78. The Morgan fingerprint density at radius 1 is 1.31 bits per heavy atom. The Kier molecular flexibility index (Phi) is 3.36. The molecule has 2 heterocycles. The third kappa shape index (κ3) is 2.49. The molecule has 0 radical (unpaired) electrons. The summed E-state index contributed by atoms with van der Waals surface area (Å²) in [5.74, 6) is 0.661. The highest BCUT2D eigenvalue weighted by atomic mass is 35.5. The molecule has 0 N–H and O–H groups in total. The van der Waals surface area contributed by atoms with E-state index in [9.17, 15) is 0 Å². The predicted octanol–water partition coefficient (Wildman–Crippen LogP) is 1.84. The third-order valence-electron chi connectivity index (χ3n) is 2.07. The largest absolute Gasteiger partial charge is 0.407 e. The molecule has 16 heavy (non-hydrogen) atoms. The van der Waals surface area contributed by atoms with E-state index < -0.39 is 0 Å². The van der Waals surface area contributed by atoms with Gasteiger partial charge in [-0.15, -0.1) is 16.7 Å². The maximum atomic E-state index is 5.58. The monoisotopic (exact) mass is 238 g/mol. The first kappa shape index (κ1) is 10.9. The summed E-state index contributed by atoms with van der Waals surface area (Å²) in [7, 11) is 1.88. The number of hydrogen-bond acceptors (Lipinski definition) is 5. The summed E-state index contributed by atoms with van der Waals surface area (Å²) >= 11 is 5.58. The van der Waals surface area contributed by atoms with Gasteiger partial charge >= 0.3 is 6.01 Å². The van der Waals surface area contributed by atoms with E-state index in [4.69, 9.17) is 16.0 Å². The van der Waals surface area contributed by atoms with E-state index in [-0.39, 0.29) is 5.88 Å². The maximum Gasteiger partial charge on any atom is 0.318 e.